The quantitative estimate of drug-likeness (QED) is 0.616. The van der Waals surface area contributed by atoms with Crippen LogP contribution in [-0.2, 0) is 4.74 Å². The Morgan fingerprint density at radius 1 is 1.50 bits per heavy atom. The first-order chi connectivity index (χ1) is 7.77. The predicted molar refractivity (Wildman–Crippen MR) is 73.3 cm³/mol. The number of aliphatic imine (C=N–C) groups is 1. The Morgan fingerprint density at radius 2 is 2.25 bits per heavy atom. The Labute approximate surface area is 109 Å². The van der Waals surface area contributed by atoms with Gasteiger partial charge in [-0.2, -0.15) is 0 Å². The molecule has 1 fully saturated rings. The molecule has 2 rings (SSSR count). The summed E-state index contributed by atoms with van der Waals surface area (Å²) in [5.41, 5.74) is 1.18. The van der Waals surface area contributed by atoms with Crippen LogP contribution in [0.1, 0.15) is 19.8 Å². The van der Waals surface area contributed by atoms with E-state index in [1.54, 1.807) is 6.20 Å². The molecule has 1 aliphatic rings. The van der Waals surface area contributed by atoms with Gasteiger partial charge in [0.05, 0.1) is 3.57 Å². The van der Waals surface area contributed by atoms with Gasteiger partial charge in [0, 0.05) is 31.0 Å². The fourth-order valence-electron chi connectivity index (χ4n) is 1.83. The number of rotatable bonds is 2. The SMILES string of the molecule is CC(=Nc1ncccc1I)C1CCOCC1. The Hall–Kier alpha value is -0.490. The van der Waals surface area contributed by atoms with Gasteiger partial charge in [-0.15, -0.1) is 0 Å². The van der Waals surface area contributed by atoms with E-state index < -0.39 is 0 Å². The highest BCUT2D eigenvalue weighted by molar-refractivity contribution is 14.1. The van der Waals surface area contributed by atoms with E-state index in [0.29, 0.717) is 5.92 Å². The van der Waals surface area contributed by atoms with Crippen molar-refractivity contribution in [1.29, 1.82) is 0 Å². The lowest BCUT2D eigenvalue weighted by atomic mass is 9.96. The van der Waals surface area contributed by atoms with Crippen LogP contribution < -0.4 is 0 Å². The standard InChI is InChI=1S/C12H15IN2O/c1-9(10-4-7-16-8-5-10)15-12-11(13)3-2-6-14-12/h2-3,6,10H,4-5,7-8H2,1H3. The molecule has 0 aromatic carbocycles. The van der Waals surface area contributed by atoms with Crippen LogP contribution in [0.3, 0.4) is 0 Å². The third kappa shape index (κ3) is 3.01. The number of halogens is 1. The van der Waals surface area contributed by atoms with E-state index in [9.17, 15) is 0 Å². The summed E-state index contributed by atoms with van der Waals surface area (Å²) in [5, 5.41) is 0. The van der Waals surface area contributed by atoms with E-state index in [2.05, 4.69) is 39.5 Å². The summed E-state index contributed by atoms with van der Waals surface area (Å²) >= 11 is 2.27. The van der Waals surface area contributed by atoms with Crippen molar-refractivity contribution < 1.29 is 4.74 Å². The van der Waals surface area contributed by atoms with Crippen molar-refractivity contribution >= 4 is 34.1 Å². The number of ether oxygens (including phenoxy) is 1. The molecule has 86 valence electrons. The molecule has 0 saturated carbocycles. The van der Waals surface area contributed by atoms with Crippen molar-refractivity contribution in [2.24, 2.45) is 10.9 Å². The monoisotopic (exact) mass is 330 g/mol. The zero-order chi connectivity index (χ0) is 11.4. The molecule has 1 aliphatic heterocycles. The number of aromatic nitrogens is 1. The first kappa shape index (κ1) is 12.0. The second-order valence-corrected chi connectivity index (χ2v) is 5.11. The average Bonchev–Trinajstić information content (AvgIpc) is 2.33. The molecule has 4 heteroatoms. The van der Waals surface area contributed by atoms with Crippen LogP contribution in [0.15, 0.2) is 23.3 Å². The van der Waals surface area contributed by atoms with Gasteiger partial charge in [-0.25, -0.2) is 9.98 Å². The Balaban J connectivity index is 2.13. The maximum atomic E-state index is 5.35. The Kier molecular flexibility index (Phi) is 4.29. The molecule has 0 aliphatic carbocycles. The lowest BCUT2D eigenvalue weighted by Gasteiger charge is -2.21. The molecule has 0 radical (unpaired) electrons. The molecule has 1 aromatic heterocycles. The van der Waals surface area contributed by atoms with Crippen LogP contribution in [-0.4, -0.2) is 23.9 Å². The molecule has 1 aromatic rings. The van der Waals surface area contributed by atoms with Gasteiger partial charge in [-0.1, -0.05) is 0 Å². The molecule has 0 N–H and O–H groups in total. The third-order valence-corrected chi connectivity index (χ3v) is 3.68. The van der Waals surface area contributed by atoms with Crippen LogP contribution in [0.25, 0.3) is 0 Å². The Morgan fingerprint density at radius 3 is 2.94 bits per heavy atom. The summed E-state index contributed by atoms with van der Waals surface area (Å²) in [6, 6.07) is 3.97. The van der Waals surface area contributed by atoms with Crippen LogP contribution in [0.2, 0.25) is 0 Å². The maximum Gasteiger partial charge on any atom is 0.165 e. The molecule has 1 saturated heterocycles. The molecule has 0 spiro atoms. The molecule has 3 nitrogen and oxygen atoms in total. The van der Waals surface area contributed by atoms with Crippen LogP contribution in [0.5, 0.6) is 0 Å². The van der Waals surface area contributed by atoms with Gasteiger partial charge >= 0.3 is 0 Å². The molecule has 0 bridgehead atoms. The van der Waals surface area contributed by atoms with Crippen molar-refractivity contribution in [2.75, 3.05) is 13.2 Å². The summed E-state index contributed by atoms with van der Waals surface area (Å²) in [6.07, 6.45) is 3.95. The van der Waals surface area contributed by atoms with Gasteiger partial charge in [0.15, 0.2) is 5.82 Å². The summed E-state index contributed by atoms with van der Waals surface area (Å²) < 4.78 is 6.45. The minimum Gasteiger partial charge on any atom is -0.381 e. The molecule has 2 heterocycles. The lowest BCUT2D eigenvalue weighted by Crippen LogP contribution is -2.21. The van der Waals surface area contributed by atoms with E-state index in [1.165, 1.54) is 5.71 Å². The van der Waals surface area contributed by atoms with Gasteiger partial charge < -0.3 is 4.74 Å². The molecule has 0 unspecified atom stereocenters. The largest absolute Gasteiger partial charge is 0.381 e. The molecule has 16 heavy (non-hydrogen) atoms. The lowest BCUT2D eigenvalue weighted by molar-refractivity contribution is 0.0827. The van der Waals surface area contributed by atoms with E-state index in [4.69, 9.17) is 4.74 Å². The minimum atomic E-state index is 0.562. The topological polar surface area (TPSA) is 34.5 Å². The number of pyridine rings is 1. The van der Waals surface area contributed by atoms with E-state index in [1.807, 2.05) is 12.1 Å². The number of hydrogen-bond donors (Lipinski definition) is 0. The smallest absolute Gasteiger partial charge is 0.165 e. The third-order valence-electron chi connectivity index (χ3n) is 2.83. The van der Waals surface area contributed by atoms with Crippen LogP contribution >= 0.6 is 22.6 Å². The highest BCUT2D eigenvalue weighted by Crippen LogP contribution is 2.22. The zero-order valence-electron chi connectivity index (χ0n) is 9.32. The summed E-state index contributed by atoms with van der Waals surface area (Å²) in [4.78, 5) is 8.91. The fourth-order valence-corrected chi connectivity index (χ4v) is 2.30. The molecule has 0 amide bonds. The van der Waals surface area contributed by atoms with Gasteiger partial charge in [-0.3, -0.25) is 0 Å². The maximum absolute atomic E-state index is 5.35. The van der Waals surface area contributed by atoms with Crippen molar-refractivity contribution in [3.63, 3.8) is 0 Å². The fraction of sp³-hybridized carbons (Fsp3) is 0.500. The van der Waals surface area contributed by atoms with Crippen LogP contribution in [0.4, 0.5) is 5.82 Å². The predicted octanol–water partition coefficient (Wildman–Crippen LogP) is 3.21. The highest BCUT2D eigenvalue weighted by Gasteiger charge is 2.16. The number of nitrogens with zero attached hydrogens (tertiary/aromatic N) is 2. The van der Waals surface area contributed by atoms with Gasteiger partial charge in [-0.05, 0) is 54.5 Å². The van der Waals surface area contributed by atoms with Crippen LogP contribution in [0, 0.1) is 9.49 Å². The molecular weight excluding hydrogens is 315 g/mol. The summed E-state index contributed by atoms with van der Waals surface area (Å²) in [5.74, 6) is 1.40. The summed E-state index contributed by atoms with van der Waals surface area (Å²) in [7, 11) is 0. The molecule has 0 atom stereocenters. The highest BCUT2D eigenvalue weighted by atomic mass is 127. The van der Waals surface area contributed by atoms with E-state index in [-0.39, 0.29) is 0 Å². The van der Waals surface area contributed by atoms with Gasteiger partial charge in [0.2, 0.25) is 0 Å². The second kappa shape index (κ2) is 5.72. The first-order valence-corrected chi connectivity index (χ1v) is 6.58. The number of hydrogen-bond acceptors (Lipinski definition) is 3. The first-order valence-electron chi connectivity index (χ1n) is 5.51. The molecular formula is C12H15IN2O. The van der Waals surface area contributed by atoms with Gasteiger partial charge in [0.25, 0.3) is 0 Å². The zero-order valence-corrected chi connectivity index (χ0v) is 11.5. The normalized spacial score (nSPS) is 18.8. The van der Waals surface area contributed by atoms with Gasteiger partial charge in [0.1, 0.15) is 0 Å². The van der Waals surface area contributed by atoms with Crippen molar-refractivity contribution in [3.8, 4) is 0 Å². The van der Waals surface area contributed by atoms with Crippen molar-refractivity contribution in [1.82, 2.24) is 4.98 Å². The summed E-state index contributed by atoms with van der Waals surface area (Å²) in [6.45, 7) is 3.81. The minimum absolute atomic E-state index is 0.562. The van der Waals surface area contributed by atoms with Crippen molar-refractivity contribution in [3.05, 3.63) is 21.9 Å². The second-order valence-electron chi connectivity index (χ2n) is 3.95. The van der Waals surface area contributed by atoms with E-state index >= 15 is 0 Å². The average molecular weight is 330 g/mol. The van der Waals surface area contributed by atoms with Crippen molar-refractivity contribution in [2.45, 2.75) is 19.8 Å². The van der Waals surface area contributed by atoms with E-state index in [0.717, 1.165) is 35.4 Å². The Bertz CT molecular complexity index is 386.